The lowest BCUT2D eigenvalue weighted by atomic mass is 10.2. The van der Waals surface area contributed by atoms with Crippen LogP contribution in [0.5, 0.6) is 0 Å². The van der Waals surface area contributed by atoms with Crippen LogP contribution in [0.3, 0.4) is 0 Å². The molecule has 1 aromatic heterocycles. The Morgan fingerprint density at radius 1 is 1.35 bits per heavy atom. The highest BCUT2D eigenvalue weighted by atomic mass is 16.6. The predicted molar refractivity (Wildman–Crippen MR) is 79.8 cm³/mol. The summed E-state index contributed by atoms with van der Waals surface area (Å²) in [5, 5.41) is 0. The van der Waals surface area contributed by atoms with E-state index in [0.717, 1.165) is 0 Å². The lowest BCUT2D eigenvalue weighted by Crippen LogP contribution is -2.23. The summed E-state index contributed by atoms with van der Waals surface area (Å²) in [7, 11) is 0. The normalized spacial score (nSPS) is 20.7. The van der Waals surface area contributed by atoms with E-state index in [4.69, 9.17) is 13.9 Å². The molecule has 2 atom stereocenters. The van der Waals surface area contributed by atoms with E-state index in [9.17, 15) is 14.4 Å². The van der Waals surface area contributed by atoms with E-state index >= 15 is 0 Å². The van der Waals surface area contributed by atoms with Gasteiger partial charge in [-0.25, -0.2) is 9.59 Å². The average Bonchev–Trinajstić information content (AvgIpc) is 2.98. The van der Waals surface area contributed by atoms with Gasteiger partial charge in [0.15, 0.2) is 5.58 Å². The third-order valence-electron chi connectivity index (χ3n) is 3.74. The number of oxazole rings is 1. The summed E-state index contributed by atoms with van der Waals surface area (Å²) in [5.74, 6) is -1.42. The molecule has 1 aromatic carbocycles. The van der Waals surface area contributed by atoms with Crippen LogP contribution in [-0.4, -0.2) is 28.7 Å². The molecule has 0 saturated carbocycles. The van der Waals surface area contributed by atoms with Gasteiger partial charge >= 0.3 is 17.7 Å². The third kappa shape index (κ3) is 3.28. The number of para-hydroxylation sites is 2. The zero-order valence-electron chi connectivity index (χ0n) is 12.7. The average molecular weight is 319 g/mol. The number of esters is 2. The standard InChI is InChI=1S/C16H17NO6/c1-10-9-13(15(19)21-10)22-14(18)7-4-8-17-11-5-2-3-6-12(11)23-16(17)20/h2-3,5-6,10,13H,4,7-9H2,1H3/t10-,13-/m1/s1. The molecule has 0 N–H and O–H groups in total. The van der Waals surface area contributed by atoms with Crippen molar-refractivity contribution < 1.29 is 23.5 Å². The number of hydrogen-bond acceptors (Lipinski definition) is 6. The van der Waals surface area contributed by atoms with Crippen molar-refractivity contribution in [3.8, 4) is 0 Å². The topological polar surface area (TPSA) is 87.7 Å². The monoisotopic (exact) mass is 319 g/mol. The van der Waals surface area contributed by atoms with Crippen molar-refractivity contribution in [2.75, 3.05) is 0 Å². The molecule has 0 bridgehead atoms. The number of nitrogens with zero attached hydrogens (tertiary/aromatic N) is 1. The van der Waals surface area contributed by atoms with Crippen molar-refractivity contribution in [1.29, 1.82) is 0 Å². The SMILES string of the molecule is C[C@@H]1C[C@@H](OC(=O)CCCn2c(=O)oc3ccccc32)C(=O)O1. The molecule has 7 nitrogen and oxygen atoms in total. The zero-order valence-corrected chi connectivity index (χ0v) is 12.7. The number of aromatic nitrogens is 1. The van der Waals surface area contributed by atoms with Gasteiger partial charge in [0.1, 0.15) is 6.10 Å². The molecule has 1 aliphatic rings. The van der Waals surface area contributed by atoms with Crippen molar-refractivity contribution in [2.45, 2.75) is 44.9 Å². The number of carbonyl (C=O) groups excluding carboxylic acids is 2. The van der Waals surface area contributed by atoms with Crippen LogP contribution in [0.25, 0.3) is 11.1 Å². The van der Waals surface area contributed by atoms with E-state index in [2.05, 4.69) is 0 Å². The van der Waals surface area contributed by atoms with Gasteiger partial charge in [-0.3, -0.25) is 9.36 Å². The molecule has 1 fully saturated rings. The van der Waals surface area contributed by atoms with E-state index in [-0.39, 0.29) is 12.5 Å². The predicted octanol–water partition coefficient (Wildman–Crippen LogP) is 1.62. The van der Waals surface area contributed by atoms with E-state index in [0.29, 0.717) is 30.5 Å². The minimum absolute atomic E-state index is 0.115. The van der Waals surface area contributed by atoms with Gasteiger partial charge in [-0.1, -0.05) is 12.1 Å². The van der Waals surface area contributed by atoms with Gasteiger partial charge in [0.05, 0.1) is 5.52 Å². The third-order valence-corrected chi connectivity index (χ3v) is 3.74. The molecule has 0 spiro atoms. The Balaban J connectivity index is 1.55. The fraction of sp³-hybridized carbons (Fsp3) is 0.438. The highest BCUT2D eigenvalue weighted by molar-refractivity contribution is 5.81. The van der Waals surface area contributed by atoms with Crippen molar-refractivity contribution >= 4 is 23.0 Å². The van der Waals surface area contributed by atoms with Crippen LogP contribution in [0.15, 0.2) is 33.5 Å². The zero-order chi connectivity index (χ0) is 16.4. The highest BCUT2D eigenvalue weighted by Gasteiger charge is 2.34. The second kappa shape index (κ2) is 6.28. The Kier molecular flexibility index (Phi) is 4.18. The molecule has 0 aliphatic carbocycles. The maximum Gasteiger partial charge on any atom is 0.419 e. The van der Waals surface area contributed by atoms with Crippen molar-refractivity contribution in [1.82, 2.24) is 4.57 Å². The molecule has 122 valence electrons. The smallest absolute Gasteiger partial charge is 0.419 e. The minimum Gasteiger partial charge on any atom is -0.460 e. The van der Waals surface area contributed by atoms with Crippen LogP contribution in [0.1, 0.15) is 26.2 Å². The van der Waals surface area contributed by atoms with E-state index in [1.165, 1.54) is 4.57 Å². The number of hydrogen-bond donors (Lipinski definition) is 0. The number of cyclic esters (lactones) is 1. The van der Waals surface area contributed by atoms with Crippen molar-refractivity contribution in [2.24, 2.45) is 0 Å². The Bertz CT molecular complexity index is 789. The number of rotatable bonds is 5. The Morgan fingerprint density at radius 3 is 2.87 bits per heavy atom. The van der Waals surface area contributed by atoms with Gasteiger partial charge in [-0.05, 0) is 25.5 Å². The van der Waals surface area contributed by atoms with Gasteiger partial charge in [0, 0.05) is 19.4 Å². The van der Waals surface area contributed by atoms with Gasteiger partial charge in [0.2, 0.25) is 6.10 Å². The quantitative estimate of drug-likeness (QED) is 0.778. The Hall–Kier alpha value is -2.57. The van der Waals surface area contributed by atoms with Crippen LogP contribution < -0.4 is 5.76 Å². The van der Waals surface area contributed by atoms with Gasteiger partial charge in [0.25, 0.3) is 0 Å². The fourth-order valence-electron chi connectivity index (χ4n) is 2.64. The summed E-state index contributed by atoms with van der Waals surface area (Å²) in [5.41, 5.74) is 1.21. The van der Waals surface area contributed by atoms with Crippen LogP contribution in [0.2, 0.25) is 0 Å². The molecular weight excluding hydrogens is 302 g/mol. The fourth-order valence-corrected chi connectivity index (χ4v) is 2.64. The largest absolute Gasteiger partial charge is 0.460 e. The van der Waals surface area contributed by atoms with Gasteiger partial charge in [-0.15, -0.1) is 0 Å². The summed E-state index contributed by atoms with van der Waals surface area (Å²) in [6.07, 6.45) is -0.119. The first-order chi connectivity index (χ1) is 11.0. The summed E-state index contributed by atoms with van der Waals surface area (Å²) in [6, 6.07) is 7.10. The molecular formula is C16H17NO6. The first-order valence-electron chi connectivity index (χ1n) is 7.53. The summed E-state index contributed by atoms with van der Waals surface area (Å²) >= 11 is 0. The van der Waals surface area contributed by atoms with Gasteiger partial charge in [-0.2, -0.15) is 0 Å². The Labute approximate surface area is 131 Å². The van der Waals surface area contributed by atoms with Crippen LogP contribution in [0, 0.1) is 0 Å². The molecule has 1 saturated heterocycles. The molecule has 3 rings (SSSR count). The maximum atomic E-state index is 11.8. The number of aryl methyl sites for hydroxylation is 1. The minimum atomic E-state index is -0.810. The van der Waals surface area contributed by atoms with E-state index in [1.54, 1.807) is 25.1 Å². The molecule has 2 aromatic rings. The number of benzene rings is 1. The molecule has 0 unspecified atom stereocenters. The molecule has 2 heterocycles. The second-order valence-electron chi connectivity index (χ2n) is 5.55. The lowest BCUT2D eigenvalue weighted by molar-refractivity contribution is -0.160. The number of ether oxygens (including phenoxy) is 2. The molecule has 0 amide bonds. The number of fused-ring (bicyclic) bond motifs is 1. The second-order valence-corrected chi connectivity index (χ2v) is 5.55. The van der Waals surface area contributed by atoms with Crippen LogP contribution >= 0.6 is 0 Å². The van der Waals surface area contributed by atoms with E-state index in [1.807, 2.05) is 6.07 Å². The first-order valence-corrected chi connectivity index (χ1v) is 7.53. The summed E-state index contributed by atoms with van der Waals surface area (Å²) in [4.78, 5) is 35.0. The first kappa shape index (κ1) is 15.3. The maximum absolute atomic E-state index is 11.8. The van der Waals surface area contributed by atoms with Crippen LogP contribution in [-0.2, 0) is 25.6 Å². The van der Waals surface area contributed by atoms with E-state index < -0.39 is 23.8 Å². The number of carbonyl (C=O) groups is 2. The van der Waals surface area contributed by atoms with Crippen LogP contribution in [0.4, 0.5) is 0 Å². The summed E-state index contributed by atoms with van der Waals surface area (Å²) in [6.45, 7) is 2.10. The van der Waals surface area contributed by atoms with Crippen molar-refractivity contribution in [3.05, 3.63) is 34.8 Å². The molecule has 1 aliphatic heterocycles. The Morgan fingerprint density at radius 2 is 2.13 bits per heavy atom. The van der Waals surface area contributed by atoms with Gasteiger partial charge < -0.3 is 13.9 Å². The van der Waals surface area contributed by atoms with Crippen molar-refractivity contribution in [3.63, 3.8) is 0 Å². The molecule has 7 heteroatoms. The highest BCUT2D eigenvalue weighted by Crippen LogP contribution is 2.18. The summed E-state index contributed by atoms with van der Waals surface area (Å²) < 4.78 is 16.6. The lowest BCUT2D eigenvalue weighted by Gasteiger charge is -2.08. The molecule has 23 heavy (non-hydrogen) atoms. The molecule has 0 radical (unpaired) electrons.